The molecule has 0 radical (unpaired) electrons. The van der Waals surface area contributed by atoms with Crippen molar-refractivity contribution in [3.05, 3.63) is 48.6 Å². The number of imidazole rings is 1. The van der Waals surface area contributed by atoms with Crippen molar-refractivity contribution in [3.8, 4) is 0 Å². The van der Waals surface area contributed by atoms with Gasteiger partial charge in [-0.1, -0.05) is 17.3 Å². The van der Waals surface area contributed by atoms with Gasteiger partial charge in [0.2, 0.25) is 0 Å². The highest BCUT2D eigenvalue weighted by molar-refractivity contribution is 5.80. The molecule has 8 heteroatoms. The third kappa shape index (κ3) is 4.33. The Morgan fingerprint density at radius 2 is 2.04 bits per heavy atom. The van der Waals surface area contributed by atoms with Gasteiger partial charge in [-0.15, -0.1) is 0 Å². The lowest BCUT2D eigenvalue weighted by Crippen LogP contribution is -2.52. The third-order valence-electron chi connectivity index (χ3n) is 5.15. The van der Waals surface area contributed by atoms with Gasteiger partial charge in [0.1, 0.15) is 6.26 Å². The number of nitrogens with one attached hydrogen (secondary N) is 1. The van der Waals surface area contributed by atoms with Crippen LogP contribution in [0.2, 0.25) is 0 Å². The number of piperazine rings is 1. The number of para-hydroxylation sites is 2. The topological polar surface area (TPSA) is 74.7 Å². The van der Waals surface area contributed by atoms with Crippen LogP contribution in [-0.4, -0.2) is 70.2 Å². The molecule has 1 saturated heterocycles. The summed E-state index contributed by atoms with van der Waals surface area (Å²) in [5.74, 6) is 0.983. The predicted octanol–water partition coefficient (Wildman–Crippen LogP) is 1.81. The minimum Gasteiger partial charge on any atom is -0.364 e. The summed E-state index contributed by atoms with van der Waals surface area (Å²) in [5, 5.41) is 7.50. The first-order chi connectivity index (χ1) is 13.8. The van der Waals surface area contributed by atoms with Crippen LogP contribution in [0.3, 0.4) is 0 Å². The summed E-state index contributed by atoms with van der Waals surface area (Å²) in [6, 6.07) is 10.2. The van der Waals surface area contributed by atoms with Crippen LogP contribution in [0.4, 0.5) is 0 Å². The molecule has 1 N–H and O–H groups in total. The maximum Gasteiger partial charge on any atom is 0.193 e. The predicted molar refractivity (Wildman–Crippen MR) is 109 cm³/mol. The Bertz CT molecular complexity index is 894. The van der Waals surface area contributed by atoms with Gasteiger partial charge in [-0.3, -0.25) is 9.89 Å². The number of guanidine groups is 1. The molecular formula is C20H27N7O. The molecule has 0 atom stereocenters. The molecule has 0 aliphatic carbocycles. The largest absolute Gasteiger partial charge is 0.364 e. The Kier molecular flexibility index (Phi) is 5.86. The first kappa shape index (κ1) is 18.5. The molecule has 0 saturated carbocycles. The molecule has 0 spiro atoms. The molecule has 1 aliphatic rings. The van der Waals surface area contributed by atoms with Crippen molar-refractivity contribution < 1.29 is 4.52 Å². The van der Waals surface area contributed by atoms with Crippen molar-refractivity contribution in [2.24, 2.45) is 4.99 Å². The van der Waals surface area contributed by atoms with E-state index in [0.717, 1.165) is 69.4 Å². The van der Waals surface area contributed by atoms with Crippen LogP contribution in [0.5, 0.6) is 0 Å². The molecule has 0 unspecified atom stereocenters. The number of nitrogens with zero attached hydrogens (tertiary/aromatic N) is 6. The number of aliphatic imine (C=N–C) groups is 1. The zero-order chi connectivity index (χ0) is 19.2. The molecule has 0 bridgehead atoms. The van der Waals surface area contributed by atoms with Crippen LogP contribution in [0.25, 0.3) is 11.0 Å². The Hall–Kier alpha value is -2.87. The van der Waals surface area contributed by atoms with Crippen LogP contribution in [0, 0.1) is 0 Å². The second-order valence-electron chi connectivity index (χ2n) is 7.01. The van der Waals surface area contributed by atoms with E-state index >= 15 is 0 Å². The van der Waals surface area contributed by atoms with Crippen LogP contribution in [0.15, 0.2) is 52.4 Å². The summed E-state index contributed by atoms with van der Waals surface area (Å²) in [6.07, 6.45) is 4.57. The van der Waals surface area contributed by atoms with Crippen LogP contribution < -0.4 is 5.32 Å². The maximum absolute atomic E-state index is 4.92. The Morgan fingerprint density at radius 3 is 2.82 bits per heavy atom. The lowest BCUT2D eigenvalue weighted by molar-refractivity contribution is 0.169. The van der Waals surface area contributed by atoms with E-state index in [1.807, 2.05) is 31.6 Å². The molecule has 0 amide bonds. The summed E-state index contributed by atoms with van der Waals surface area (Å²) in [6.45, 7) is 6.58. The maximum atomic E-state index is 4.92. The fourth-order valence-electron chi connectivity index (χ4n) is 3.64. The Morgan fingerprint density at radius 1 is 1.18 bits per heavy atom. The van der Waals surface area contributed by atoms with Crippen molar-refractivity contribution in [2.45, 2.75) is 19.5 Å². The van der Waals surface area contributed by atoms with E-state index in [0.29, 0.717) is 0 Å². The van der Waals surface area contributed by atoms with Crippen molar-refractivity contribution in [1.29, 1.82) is 0 Å². The van der Waals surface area contributed by atoms with E-state index in [1.54, 1.807) is 6.26 Å². The first-order valence-corrected chi connectivity index (χ1v) is 9.80. The van der Waals surface area contributed by atoms with E-state index in [-0.39, 0.29) is 0 Å². The van der Waals surface area contributed by atoms with Gasteiger partial charge in [0.15, 0.2) is 5.96 Å². The monoisotopic (exact) mass is 381 g/mol. The van der Waals surface area contributed by atoms with Crippen molar-refractivity contribution in [1.82, 2.24) is 29.8 Å². The Balaban J connectivity index is 1.21. The molecule has 3 heterocycles. The first-order valence-electron chi connectivity index (χ1n) is 9.80. The number of aromatic nitrogens is 3. The van der Waals surface area contributed by atoms with Gasteiger partial charge in [-0.2, -0.15) is 0 Å². The molecule has 1 aliphatic heterocycles. The van der Waals surface area contributed by atoms with E-state index in [2.05, 4.69) is 46.9 Å². The summed E-state index contributed by atoms with van der Waals surface area (Å²) in [4.78, 5) is 13.6. The minimum absolute atomic E-state index is 0.842. The SMILES string of the molecule is CN=C(NCCCn1cnc2ccccc21)N1CCN(Cc2ccon2)CC1. The fraction of sp³-hybridized carbons (Fsp3) is 0.450. The lowest BCUT2D eigenvalue weighted by Gasteiger charge is -2.36. The third-order valence-corrected chi connectivity index (χ3v) is 5.15. The van der Waals surface area contributed by atoms with E-state index in [1.165, 1.54) is 5.52 Å². The highest BCUT2D eigenvalue weighted by Crippen LogP contribution is 2.12. The van der Waals surface area contributed by atoms with Gasteiger partial charge in [0.25, 0.3) is 0 Å². The van der Waals surface area contributed by atoms with Crippen molar-refractivity contribution >= 4 is 17.0 Å². The molecule has 8 nitrogen and oxygen atoms in total. The minimum atomic E-state index is 0.842. The smallest absolute Gasteiger partial charge is 0.193 e. The highest BCUT2D eigenvalue weighted by atomic mass is 16.5. The summed E-state index contributed by atoms with van der Waals surface area (Å²) < 4.78 is 7.13. The van der Waals surface area contributed by atoms with Crippen LogP contribution >= 0.6 is 0 Å². The lowest BCUT2D eigenvalue weighted by atomic mass is 10.3. The number of aryl methyl sites for hydroxylation is 1. The van der Waals surface area contributed by atoms with Crippen LogP contribution in [-0.2, 0) is 13.1 Å². The summed E-state index contributed by atoms with van der Waals surface area (Å²) in [7, 11) is 1.85. The standard InChI is InChI=1S/C20H27N7O/c1-21-20(26-12-10-25(11-13-26)15-17-7-14-28-24-17)22-8-4-9-27-16-23-18-5-2-3-6-19(18)27/h2-3,5-7,14,16H,4,8-13,15H2,1H3,(H,21,22). The van der Waals surface area contributed by atoms with E-state index in [9.17, 15) is 0 Å². The Labute approximate surface area is 164 Å². The summed E-state index contributed by atoms with van der Waals surface area (Å²) >= 11 is 0. The average Bonchev–Trinajstić information content (AvgIpc) is 3.39. The number of hydrogen-bond donors (Lipinski definition) is 1. The molecule has 1 aromatic carbocycles. The van der Waals surface area contributed by atoms with Crippen molar-refractivity contribution in [2.75, 3.05) is 39.8 Å². The van der Waals surface area contributed by atoms with Gasteiger partial charge in [0, 0.05) is 58.9 Å². The molecular weight excluding hydrogens is 354 g/mol. The number of rotatable bonds is 6. The van der Waals surface area contributed by atoms with Gasteiger partial charge in [-0.05, 0) is 18.6 Å². The van der Waals surface area contributed by atoms with Crippen LogP contribution in [0.1, 0.15) is 12.1 Å². The van der Waals surface area contributed by atoms with Gasteiger partial charge >= 0.3 is 0 Å². The fourth-order valence-corrected chi connectivity index (χ4v) is 3.64. The number of hydrogen-bond acceptors (Lipinski definition) is 5. The normalized spacial score (nSPS) is 16.0. The molecule has 28 heavy (non-hydrogen) atoms. The van der Waals surface area contributed by atoms with Gasteiger partial charge in [0.05, 0.1) is 23.1 Å². The van der Waals surface area contributed by atoms with Crippen molar-refractivity contribution in [3.63, 3.8) is 0 Å². The highest BCUT2D eigenvalue weighted by Gasteiger charge is 2.20. The zero-order valence-corrected chi connectivity index (χ0v) is 16.3. The average molecular weight is 381 g/mol. The second-order valence-corrected chi connectivity index (χ2v) is 7.01. The molecule has 2 aromatic heterocycles. The zero-order valence-electron chi connectivity index (χ0n) is 16.3. The molecule has 148 valence electrons. The summed E-state index contributed by atoms with van der Waals surface area (Å²) in [5.41, 5.74) is 3.23. The molecule has 1 fully saturated rings. The molecule has 3 aromatic rings. The van der Waals surface area contributed by atoms with E-state index in [4.69, 9.17) is 4.52 Å². The molecule has 4 rings (SSSR count). The quantitative estimate of drug-likeness (QED) is 0.399. The van der Waals surface area contributed by atoms with E-state index < -0.39 is 0 Å². The van der Waals surface area contributed by atoms with Gasteiger partial charge in [-0.25, -0.2) is 4.98 Å². The second kappa shape index (κ2) is 8.88. The van der Waals surface area contributed by atoms with Gasteiger partial charge < -0.3 is 19.3 Å². The number of fused-ring (bicyclic) bond motifs is 1. The number of benzene rings is 1.